The molecule has 0 saturated carbocycles. The minimum atomic E-state index is -0.391. The van der Waals surface area contributed by atoms with Crippen LogP contribution in [0.3, 0.4) is 0 Å². The molecule has 0 bridgehead atoms. The van der Waals surface area contributed by atoms with Crippen LogP contribution in [-0.4, -0.2) is 31.8 Å². The van der Waals surface area contributed by atoms with Gasteiger partial charge in [-0.05, 0) is 31.5 Å². The summed E-state index contributed by atoms with van der Waals surface area (Å²) in [5.41, 5.74) is 1.07. The summed E-state index contributed by atoms with van der Waals surface area (Å²) in [6, 6.07) is 6.07. The van der Waals surface area contributed by atoms with Crippen molar-refractivity contribution in [3.63, 3.8) is 0 Å². The van der Waals surface area contributed by atoms with Crippen LogP contribution >= 0.6 is 0 Å². The van der Waals surface area contributed by atoms with Crippen LogP contribution in [0.4, 0.5) is 0 Å². The van der Waals surface area contributed by atoms with Gasteiger partial charge in [0.1, 0.15) is 0 Å². The van der Waals surface area contributed by atoms with Crippen LogP contribution < -0.4 is 14.8 Å². The quantitative estimate of drug-likeness (QED) is 0.747. The van der Waals surface area contributed by atoms with Gasteiger partial charge in [0.2, 0.25) is 0 Å². The van der Waals surface area contributed by atoms with Gasteiger partial charge in [-0.2, -0.15) is 0 Å². The standard InChI is InChI=1S/C16H25NO4/c1-11(2)17-9-13-6-7-14(19-5)15(8-13)20-10-16(18)21-12(3)4/h6-8,11-12,17H,9-10H2,1-5H3. The van der Waals surface area contributed by atoms with E-state index in [0.717, 1.165) is 12.1 Å². The summed E-state index contributed by atoms with van der Waals surface area (Å²) < 4.78 is 15.8. The van der Waals surface area contributed by atoms with Crippen LogP contribution in [-0.2, 0) is 16.1 Å². The third kappa shape index (κ3) is 6.49. The van der Waals surface area contributed by atoms with Gasteiger partial charge in [0.25, 0.3) is 0 Å². The van der Waals surface area contributed by atoms with Gasteiger partial charge in [-0.25, -0.2) is 4.79 Å². The molecular formula is C16H25NO4. The first-order valence-electron chi connectivity index (χ1n) is 7.15. The summed E-state index contributed by atoms with van der Waals surface area (Å²) in [6.07, 6.45) is -0.149. The Morgan fingerprint density at radius 2 is 1.90 bits per heavy atom. The zero-order valence-corrected chi connectivity index (χ0v) is 13.4. The van der Waals surface area contributed by atoms with Gasteiger partial charge in [0, 0.05) is 12.6 Å². The molecule has 0 aliphatic rings. The van der Waals surface area contributed by atoms with Crippen molar-refractivity contribution < 1.29 is 19.0 Å². The SMILES string of the molecule is COc1ccc(CNC(C)C)cc1OCC(=O)OC(C)C. The molecule has 1 rings (SSSR count). The van der Waals surface area contributed by atoms with Crippen molar-refractivity contribution in [1.29, 1.82) is 0 Å². The molecule has 0 heterocycles. The molecule has 0 aliphatic carbocycles. The number of hydrogen-bond donors (Lipinski definition) is 1. The molecule has 0 spiro atoms. The molecule has 0 aliphatic heterocycles. The first-order chi connectivity index (χ1) is 9.92. The van der Waals surface area contributed by atoms with E-state index in [1.165, 1.54) is 0 Å². The largest absolute Gasteiger partial charge is 0.493 e. The van der Waals surface area contributed by atoms with Crippen LogP contribution in [0.25, 0.3) is 0 Å². The second kappa shape index (κ2) is 8.52. The van der Waals surface area contributed by atoms with E-state index in [9.17, 15) is 4.79 Å². The molecule has 0 fully saturated rings. The Kier molecular flexibility index (Phi) is 7.02. The van der Waals surface area contributed by atoms with E-state index in [1.54, 1.807) is 21.0 Å². The van der Waals surface area contributed by atoms with Crippen molar-refractivity contribution in [2.75, 3.05) is 13.7 Å². The molecule has 21 heavy (non-hydrogen) atoms. The fraction of sp³-hybridized carbons (Fsp3) is 0.562. The molecule has 5 heteroatoms. The molecule has 0 atom stereocenters. The predicted octanol–water partition coefficient (Wildman–Crippen LogP) is 2.52. The van der Waals surface area contributed by atoms with Crippen molar-refractivity contribution >= 4 is 5.97 Å². The topological polar surface area (TPSA) is 56.8 Å². The molecular weight excluding hydrogens is 270 g/mol. The third-order valence-electron chi connectivity index (χ3n) is 2.66. The Balaban J connectivity index is 2.69. The van der Waals surface area contributed by atoms with Gasteiger partial charge in [-0.1, -0.05) is 19.9 Å². The van der Waals surface area contributed by atoms with Gasteiger partial charge in [-0.15, -0.1) is 0 Å². The number of hydrogen-bond acceptors (Lipinski definition) is 5. The minimum Gasteiger partial charge on any atom is -0.493 e. The molecule has 1 aromatic carbocycles. The summed E-state index contributed by atoms with van der Waals surface area (Å²) in [6.45, 7) is 8.38. The lowest BCUT2D eigenvalue weighted by atomic mass is 10.2. The first kappa shape index (κ1) is 17.3. The van der Waals surface area contributed by atoms with Gasteiger partial charge in [0.15, 0.2) is 18.1 Å². The van der Waals surface area contributed by atoms with Crippen LogP contribution in [0.5, 0.6) is 11.5 Å². The van der Waals surface area contributed by atoms with E-state index >= 15 is 0 Å². The number of carbonyl (C=O) groups excluding carboxylic acids is 1. The Hall–Kier alpha value is -1.75. The minimum absolute atomic E-state index is 0.129. The van der Waals surface area contributed by atoms with Crippen molar-refractivity contribution in [2.24, 2.45) is 0 Å². The van der Waals surface area contributed by atoms with E-state index < -0.39 is 5.97 Å². The molecule has 5 nitrogen and oxygen atoms in total. The summed E-state index contributed by atoms with van der Waals surface area (Å²) >= 11 is 0. The van der Waals surface area contributed by atoms with Crippen molar-refractivity contribution in [3.05, 3.63) is 23.8 Å². The van der Waals surface area contributed by atoms with Crippen molar-refractivity contribution in [3.8, 4) is 11.5 Å². The lowest BCUT2D eigenvalue weighted by Gasteiger charge is -2.14. The number of ether oxygens (including phenoxy) is 3. The first-order valence-corrected chi connectivity index (χ1v) is 7.15. The van der Waals surface area contributed by atoms with E-state index in [-0.39, 0.29) is 12.7 Å². The number of esters is 1. The van der Waals surface area contributed by atoms with Gasteiger partial charge < -0.3 is 19.5 Å². The number of rotatable bonds is 8. The fourth-order valence-electron chi connectivity index (χ4n) is 1.70. The zero-order chi connectivity index (χ0) is 15.8. The molecule has 0 amide bonds. The van der Waals surface area contributed by atoms with E-state index in [2.05, 4.69) is 19.2 Å². The summed E-state index contributed by atoms with van der Waals surface area (Å²) in [5, 5.41) is 3.33. The molecule has 0 aromatic heterocycles. The normalized spacial score (nSPS) is 10.8. The second-order valence-corrected chi connectivity index (χ2v) is 5.35. The molecule has 0 saturated heterocycles. The lowest BCUT2D eigenvalue weighted by molar-refractivity contribution is -0.149. The highest BCUT2D eigenvalue weighted by Gasteiger charge is 2.11. The highest BCUT2D eigenvalue weighted by atomic mass is 16.6. The highest BCUT2D eigenvalue weighted by Crippen LogP contribution is 2.28. The van der Waals surface area contributed by atoms with E-state index in [4.69, 9.17) is 14.2 Å². The van der Waals surface area contributed by atoms with Crippen LogP contribution in [0, 0.1) is 0 Å². The Morgan fingerprint density at radius 3 is 2.48 bits per heavy atom. The van der Waals surface area contributed by atoms with E-state index in [0.29, 0.717) is 17.5 Å². The zero-order valence-electron chi connectivity index (χ0n) is 13.4. The molecule has 118 valence electrons. The van der Waals surface area contributed by atoms with Gasteiger partial charge >= 0.3 is 5.97 Å². The monoisotopic (exact) mass is 295 g/mol. The molecule has 1 N–H and O–H groups in total. The molecule has 1 aromatic rings. The highest BCUT2D eigenvalue weighted by molar-refractivity contribution is 5.71. The summed E-state index contributed by atoms with van der Waals surface area (Å²) in [7, 11) is 1.57. The maximum Gasteiger partial charge on any atom is 0.344 e. The fourth-order valence-corrected chi connectivity index (χ4v) is 1.70. The summed E-state index contributed by atoms with van der Waals surface area (Å²) in [4.78, 5) is 11.5. The average Bonchev–Trinajstić information content (AvgIpc) is 2.42. The van der Waals surface area contributed by atoms with Crippen LogP contribution in [0.1, 0.15) is 33.3 Å². The number of carbonyl (C=O) groups is 1. The number of nitrogens with one attached hydrogen (secondary N) is 1. The smallest absolute Gasteiger partial charge is 0.344 e. The third-order valence-corrected chi connectivity index (χ3v) is 2.66. The maximum absolute atomic E-state index is 11.5. The van der Waals surface area contributed by atoms with Gasteiger partial charge in [-0.3, -0.25) is 0 Å². The Labute approximate surface area is 126 Å². The summed E-state index contributed by atoms with van der Waals surface area (Å²) in [5.74, 6) is 0.750. The van der Waals surface area contributed by atoms with Crippen molar-refractivity contribution in [2.45, 2.75) is 46.4 Å². The lowest BCUT2D eigenvalue weighted by Crippen LogP contribution is -2.22. The molecule has 0 unspecified atom stereocenters. The Bertz CT molecular complexity index is 458. The van der Waals surface area contributed by atoms with Crippen LogP contribution in [0.15, 0.2) is 18.2 Å². The van der Waals surface area contributed by atoms with Crippen molar-refractivity contribution in [1.82, 2.24) is 5.32 Å². The molecule has 0 radical (unpaired) electrons. The predicted molar refractivity (Wildman–Crippen MR) is 81.7 cm³/mol. The maximum atomic E-state index is 11.5. The average molecular weight is 295 g/mol. The Morgan fingerprint density at radius 1 is 1.19 bits per heavy atom. The second-order valence-electron chi connectivity index (χ2n) is 5.35. The number of methoxy groups -OCH3 is 1. The van der Waals surface area contributed by atoms with Crippen LogP contribution in [0.2, 0.25) is 0 Å². The van der Waals surface area contributed by atoms with Gasteiger partial charge in [0.05, 0.1) is 13.2 Å². The number of benzene rings is 1. The van der Waals surface area contributed by atoms with E-state index in [1.807, 2.05) is 18.2 Å².